The van der Waals surface area contributed by atoms with Crippen LogP contribution in [0.5, 0.6) is 0 Å². The lowest BCUT2D eigenvalue weighted by Gasteiger charge is -2.26. The lowest BCUT2D eigenvalue weighted by atomic mass is 10.1. The molecule has 0 bridgehead atoms. The maximum absolute atomic E-state index is 12.6. The third kappa shape index (κ3) is 3.62. The Bertz CT molecular complexity index is 384. The van der Waals surface area contributed by atoms with Crippen molar-refractivity contribution < 1.29 is 9.59 Å². The van der Waals surface area contributed by atoms with E-state index in [1.807, 2.05) is 25.6 Å². The van der Waals surface area contributed by atoms with Crippen LogP contribution in [-0.4, -0.2) is 45.8 Å². The van der Waals surface area contributed by atoms with Crippen molar-refractivity contribution in [1.82, 2.24) is 10.2 Å². The Hall–Kier alpha value is -0.550. The normalized spacial score (nSPS) is 29.9. The minimum Gasteiger partial charge on any atom is -0.302 e. The first-order chi connectivity index (χ1) is 10.1. The van der Waals surface area contributed by atoms with Gasteiger partial charge in [-0.05, 0) is 31.4 Å². The molecule has 0 spiro atoms. The molecule has 0 aromatic carbocycles. The second-order valence-electron chi connectivity index (χ2n) is 6.03. The van der Waals surface area contributed by atoms with Crippen LogP contribution >= 0.6 is 11.8 Å². The summed E-state index contributed by atoms with van der Waals surface area (Å²) >= 11 is 1.98. The number of likely N-dealkylation sites (tertiary alicyclic amines) is 1. The van der Waals surface area contributed by atoms with Crippen molar-refractivity contribution in [3.8, 4) is 0 Å². The number of thioether (sulfide) groups is 1. The molecule has 1 heterocycles. The molecule has 1 saturated carbocycles. The van der Waals surface area contributed by atoms with E-state index in [-0.39, 0.29) is 23.9 Å². The Labute approximate surface area is 132 Å². The van der Waals surface area contributed by atoms with Gasteiger partial charge in [0.2, 0.25) is 11.8 Å². The number of carbonyl (C=O) groups excluding carboxylic acids is 2. The summed E-state index contributed by atoms with van der Waals surface area (Å²) in [6, 6.07) is 0.167. The summed E-state index contributed by atoms with van der Waals surface area (Å²) in [7, 11) is 0. The Balaban J connectivity index is 1.99. The van der Waals surface area contributed by atoms with Gasteiger partial charge in [0.1, 0.15) is 0 Å². The Kier molecular flexibility index (Phi) is 6.11. The monoisotopic (exact) mass is 312 g/mol. The standard InChI is InChI=1S/C16H28N2O2S/c1-4-11(5-2)18-15(19)10-13(16(18)20)17-12-8-7-9-14(12)21-6-3/h11-14,17H,4-10H2,1-3H3. The first-order valence-electron chi connectivity index (χ1n) is 8.35. The highest BCUT2D eigenvalue weighted by Gasteiger charge is 2.43. The lowest BCUT2D eigenvalue weighted by Crippen LogP contribution is -2.47. The Morgan fingerprint density at radius 3 is 2.57 bits per heavy atom. The average Bonchev–Trinajstić information content (AvgIpc) is 3.01. The van der Waals surface area contributed by atoms with Crippen molar-refractivity contribution in [2.45, 2.75) is 82.7 Å². The smallest absolute Gasteiger partial charge is 0.247 e. The van der Waals surface area contributed by atoms with Crippen LogP contribution in [0.4, 0.5) is 0 Å². The molecule has 2 rings (SSSR count). The Morgan fingerprint density at radius 2 is 1.95 bits per heavy atom. The van der Waals surface area contributed by atoms with Gasteiger partial charge in [0.15, 0.2) is 0 Å². The molecule has 3 unspecified atom stereocenters. The highest BCUT2D eigenvalue weighted by molar-refractivity contribution is 7.99. The molecule has 120 valence electrons. The van der Waals surface area contributed by atoms with Gasteiger partial charge in [-0.2, -0.15) is 11.8 Å². The SMILES string of the molecule is CCSC1CCCC1NC1CC(=O)N(C(CC)CC)C1=O. The van der Waals surface area contributed by atoms with E-state index < -0.39 is 0 Å². The molecule has 0 aromatic heterocycles. The van der Waals surface area contributed by atoms with E-state index in [4.69, 9.17) is 0 Å². The van der Waals surface area contributed by atoms with Crippen molar-refractivity contribution in [1.29, 1.82) is 0 Å². The maximum atomic E-state index is 12.6. The van der Waals surface area contributed by atoms with Crippen LogP contribution < -0.4 is 5.32 Å². The molecule has 2 fully saturated rings. The number of amides is 2. The van der Waals surface area contributed by atoms with Gasteiger partial charge >= 0.3 is 0 Å². The highest BCUT2D eigenvalue weighted by atomic mass is 32.2. The van der Waals surface area contributed by atoms with Crippen LogP contribution in [0.25, 0.3) is 0 Å². The zero-order chi connectivity index (χ0) is 15.4. The molecule has 0 radical (unpaired) electrons. The van der Waals surface area contributed by atoms with Gasteiger partial charge in [-0.1, -0.05) is 27.2 Å². The number of nitrogens with one attached hydrogen (secondary N) is 1. The van der Waals surface area contributed by atoms with Crippen molar-refractivity contribution >= 4 is 23.6 Å². The summed E-state index contributed by atoms with van der Waals surface area (Å²) < 4.78 is 0. The third-order valence-corrected chi connectivity index (χ3v) is 6.06. The summed E-state index contributed by atoms with van der Waals surface area (Å²) in [5, 5.41) is 4.09. The molecule has 2 aliphatic rings. The molecule has 1 aliphatic heterocycles. The van der Waals surface area contributed by atoms with Crippen molar-refractivity contribution in [3.63, 3.8) is 0 Å². The molecule has 5 heteroatoms. The molecule has 1 saturated heterocycles. The second kappa shape index (κ2) is 7.63. The predicted molar refractivity (Wildman–Crippen MR) is 87.3 cm³/mol. The summed E-state index contributed by atoms with van der Waals surface area (Å²) in [5.74, 6) is 1.12. The fourth-order valence-electron chi connectivity index (χ4n) is 3.61. The average molecular weight is 312 g/mol. The summed E-state index contributed by atoms with van der Waals surface area (Å²) in [5.41, 5.74) is 0. The second-order valence-corrected chi connectivity index (χ2v) is 7.54. The van der Waals surface area contributed by atoms with Gasteiger partial charge in [-0.25, -0.2) is 0 Å². The fourth-order valence-corrected chi connectivity index (χ4v) is 4.82. The van der Waals surface area contributed by atoms with Gasteiger partial charge < -0.3 is 5.32 Å². The molecular weight excluding hydrogens is 284 g/mol. The molecular formula is C16H28N2O2S. The van der Waals surface area contributed by atoms with E-state index in [1.54, 1.807) is 0 Å². The molecule has 3 atom stereocenters. The van der Waals surface area contributed by atoms with Crippen LogP contribution in [0.1, 0.15) is 59.3 Å². The quantitative estimate of drug-likeness (QED) is 0.734. The first-order valence-corrected chi connectivity index (χ1v) is 9.40. The van der Waals surface area contributed by atoms with Crippen molar-refractivity contribution in [3.05, 3.63) is 0 Å². The fraction of sp³-hybridized carbons (Fsp3) is 0.875. The van der Waals surface area contributed by atoms with Crippen LogP contribution in [0.3, 0.4) is 0 Å². The van der Waals surface area contributed by atoms with Crippen LogP contribution in [-0.2, 0) is 9.59 Å². The minimum absolute atomic E-state index is 0.000786. The zero-order valence-corrected chi connectivity index (χ0v) is 14.2. The predicted octanol–water partition coefficient (Wildman–Crippen LogP) is 2.57. The van der Waals surface area contributed by atoms with E-state index in [2.05, 4.69) is 12.2 Å². The minimum atomic E-state index is -0.291. The van der Waals surface area contributed by atoms with Gasteiger partial charge in [-0.15, -0.1) is 0 Å². The van der Waals surface area contributed by atoms with E-state index in [0.29, 0.717) is 17.7 Å². The first kappa shape index (κ1) is 16.8. The summed E-state index contributed by atoms with van der Waals surface area (Å²) in [4.78, 5) is 26.3. The van der Waals surface area contributed by atoms with Crippen LogP contribution in [0.15, 0.2) is 0 Å². The van der Waals surface area contributed by atoms with Gasteiger partial charge in [0.05, 0.1) is 12.5 Å². The molecule has 1 aliphatic carbocycles. The van der Waals surface area contributed by atoms with Crippen LogP contribution in [0.2, 0.25) is 0 Å². The largest absolute Gasteiger partial charge is 0.302 e. The Morgan fingerprint density at radius 1 is 1.24 bits per heavy atom. The highest BCUT2D eigenvalue weighted by Crippen LogP contribution is 2.31. The van der Waals surface area contributed by atoms with Crippen molar-refractivity contribution in [2.75, 3.05) is 5.75 Å². The number of imide groups is 1. The van der Waals surface area contributed by atoms with Crippen LogP contribution in [0, 0.1) is 0 Å². The number of hydrogen-bond acceptors (Lipinski definition) is 4. The number of carbonyl (C=O) groups is 2. The topological polar surface area (TPSA) is 49.4 Å². The molecule has 4 nitrogen and oxygen atoms in total. The van der Waals surface area contributed by atoms with Gasteiger partial charge in [0, 0.05) is 17.3 Å². The number of hydrogen-bond donors (Lipinski definition) is 1. The molecule has 0 aromatic rings. The summed E-state index contributed by atoms with van der Waals surface area (Å²) in [6.07, 6.45) is 5.61. The van der Waals surface area contributed by atoms with E-state index in [0.717, 1.165) is 25.0 Å². The molecule has 21 heavy (non-hydrogen) atoms. The zero-order valence-electron chi connectivity index (χ0n) is 13.4. The summed E-state index contributed by atoms with van der Waals surface area (Å²) in [6.45, 7) is 6.26. The van der Waals surface area contributed by atoms with Crippen molar-refractivity contribution in [2.24, 2.45) is 0 Å². The lowest BCUT2D eigenvalue weighted by molar-refractivity contribution is -0.141. The van der Waals surface area contributed by atoms with Gasteiger partial charge in [0.25, 0.3) is 0 Å². The van der Waals surface area contributed by atoms with E-state index >= 15 is 0 Å². The number of rotatable bonds is 7. The maximum Gasteiger partial charge on any atom is 0.247 e. The van der Waals surface area contributed by atoms with E-state index in [9.17, 15) is 9.59 Å². The van der Waals surface area contributed by atoms with Gasteiger partial charge in [-0.3, -0.25) is 14.5 Å². The molecule has 1 N–H and O–H groups in total. The third-order valence-electron chi connectivity index (χ3n) is 4.74. The van der Waals surface area contributed by atoms with E-state index in [1.165, 1.54) is 17.7 Å². The number of nitrogens with zero attached hydrogens (tertiary/aromatic N) is 1. The molecule has 2 amide bonds.